The number of hydrogen-bond acceptors (Lipinski definition) is 4. The first kappa shape index (κ1) is 18.5. The molecule has 5 heteroatoms. The highest BCUT2D eigenvalue weighted by molar-refractivity contribution is 5.67. The van der Waals surface area contributed by atoms with Gasteiger partial charge < -0.3 is 19.5 Å². The molecule has 0 aliphatic rings. The molecule has 0 bridgehead atoms. The van der Waals surface area contributed by atoms with Gasteiger partial charge in [0.1, 0.15) is 6.10 Å². The molecule has 1 N–H and O–H groups in total. The maximum absolute atomic E-state index is 11.6. The zero-order valence-corrected chi connectivity index (χ0v) is 14.1. The molecular formula is C17H27NO4. The molecule has 0 aliphatic heterocycles. The predicted octanol–water partition coefficient (Wildman–Crippen LogP) is 2.99. The predicted molar refractivity (Wildman–Crippen MR) is 85.7 cm³/mol. The summed E-state index contributed by atoms with van der Waals surface area (Å²) < 4.78 is 16.0. The topological polar surface area (TPSA) is 56.8 Å². The van der Waals surface area contributed by atoms with E-state index in [4.69, 9.17) is 14.2 Å². The highest BCUT2D eigenvalue weighted by atomic mass is 16.5. The summed E-state index contributed by atoms with van der Waals surface area (Å²) in [5.41, 5.74) is 0.913. The van der Waals surface area contributed by atoms with E-state index >= 15 is 0 Å². The fraction of sp³-hybridized carbons (Fsp3) is 0.588. The number of rotatable bonds is 7. The number of benzene rings is 1. The van der Waals surface area contributed by atoms with Crippen molar-refractivity contribution in [1.29, 1.82) is 0 Å². The van der Waals surface area contributed by atoms with Crippen LogP contribution in [0, 0.1) is 5.41 Å². The maximum Gasteiger partial charge on any atom is 0.407 e. The Morgan fingerprint density at radius 2 is 1.82 bits per heavy atom. The Balaban J connectivity index is 2.63. The van der Waals surface area contributed by atoms with Crippen LogP contribution in [0.1, 0.15) is 26.3 Å². The Bertz CT molecular complexity index is 442. The molecule has 0 spiro atoms. The zero-order chi connectivity index (χ0) is 16.6. The lowest BCUT2D eigenvalue weighted by Gasteiger charge is -2.36. The first-order valence-electron chi connectivity index (χ1n) is 7.37. The molecule has 124 valence electrons. The van der Waals surface area contributed by atoms with Crippen molar-refractivity contribution in [1.82, 2.24) is 5.32 Å². The molecule has 1 aromatic rings. The average molecular weight is 309 g/mol. The normalized spacial score (nSPS) is 14.2. The molecule has 0 saturated heterocycles. The van der Waals surface area contributed by atoms with E-state index in [1.165, 1.54) is 7.11 Å². The van der Waals surface area contributed by atoms with Gasteiger partial charge in [-0.15, -0.1) is 0 Å². The number of hydrogen-bond donors (Lipinski definition) is 1. The fourth-order valence-electron chi connectivity index (χ4n) is 2.22. The molecule has 0 aromatic heterocycles. The first-order valence-corrected chi connectivity index (χ1v) is 7.37. The van der Waals surface area contributed by atoms with E-state index in [1.54, 1.807) is 7.11 Å². The second-order valence-electron chi connectivity index (χ2n) is 6.25. The molecule has 5 nitrogen and oxygen atoms in total. The first-order chi connectivity index (χ1) is 10.4. The lowest BCUT2D eigenvalue weighted by atomic mass is 9.83. The van der Waals surface area contributed by atoms with Gasteiger partial charge in [-0.05, 0) is 11.0 Å². The minimum Gasteiger partial charge on any atom is -0.453 e. The van der Waals surface area contributed by atoms with Crippen LogP contribution in [-0.2, 0) is 20.8 Å². The van der Waals surface area contributed by atoms with Gasteiger partial charge in [0.2, 0.25) is 0 Å². The van der Waals surface area contributed by atoms with E-state index in [0.29, 0.717) is 13.2 Å². The van der Waals surface area contributed by atoms with Gasteiger partial charge in [0.25, 0.3) is 0 Å². The lowest BCUT2D eigenvalue weighted by molar-refractivity contribution is -0.0373. The number of carbonyl (C=O) groups is 1. The number of nitrogens with one attached hydrogen (secondary N) is 1. The van der Waals surface area contributed by atoms with E-state index in [0.717, 1.165) is 5.56 Å². The second-order valence-corrected chi connectivity index (χ2v) is 6.25. The molecule has 0 unspecified atom stereocenters. The summed E-state index contributed by atoms with van der Waals surface area (Å²) in [7, 11) is 2.97. The van der Waals surface area contributed by atoms with Gasteiger partial charge in [-0.25, -0.2) is 4.79 Å². The van der Waals surface area contributed by atoms with Crippen LogP contribution >= 0.6 is 0 Å². The van der Waals surface area contributed by atoms with Crippen LogP contribution in [0.25, 0.3) is 0 Å². The van der Waals surface area contributed by atoms with Crippen molar-refractivity contribution >= 4 is 6.09 Å². The summed E-state index contributed by atoms with van der Waals surface area (Å²) in [5.74, 6) is 0. The van der Waals surface area contributed by atoms with Crippen molar-refractivity contribution in [3.05, 3.63) is 35.9 Å². The second kappa shape index (κ2) is 8.76. The molecule has 0 aliphatic carbocycles. The summed E-state index contributed by atoms with van der Waals surface area (Å²) in [4.78, 5) is 11.6. The zero-order valence-electron chi connectivity index (χ0n) is 14.1. The van der Waals surface area contributed by atoms with Crippen LogP contribution < -0.4 is 5.32 Å². The average Bonchev–Trinajstić information content (AvgIpc) is 2.49. The van der Waals surface area contributed by atoms with Gasteiger partial charge in [-0.3, -0.25) is 0 Å². The van der Waals surface area contributed by atoms with Gasteiger partial charge in [-0.1, -0.05) is 51.1 Å². The molecule has 2 atom stereocenters. The minimum absolute atomic E-state index is 0.190. The van der Waals surface area contributed by atoms with Gasteiger partial charge >= 0.3 is 6.09 Å². The summed E-state index contributed by atoms with van der Waals surface area (Å²) >= 11 is 0. The Morgan fingerprint density at radius 1 is 1.18 bits per heavy atom. The van der Waals surface area contributed by atoms with Crippen molar-refractivity contribution in [3.8, 4) is 0 Å². The van der Waals surface area contributed by atoms with Crippen molar-refractivity contribution in [2.24, 2.45) is 5.41 Å². The van der Waals surface area contributed by atoms with Crippen LogP contribution in [0.15, 0.2) is 30.3 Å². The van der Waals surface area contributed by atoms with Gasteiger partial charge in [0.05, 0.1) is 26.4 Å². The third-order valence-corrected chi connectivity index (χ3v) is 3.46. The molecule has 0 radical (unpaired) electrons. The van der Waals surface area contributed by atoms with Crippen molar-refractivity contribution in [3.63, 3.8) is 0 Å². The highest BCUT2D eigenvalue weighted by Gasteiger charge is 2.34. The van der Waals surface area contributed by atoms with Crippen molar-refractivity contribution in [2.45, 2.75) is 39.5 Å². The number of alkyl carbamates (subject to hydrolysis) is 1. The Hall–Kier alpha value is -1.59. The van der Waals surface area contributed by atoms with Crippen molar-refractivity contribution < 1.29 is 19.0 Å². The third-order valence-electron chi connectivity index (χ3n) is 3.46. The van der Waals surface area contributed by atoms with E-state index in [9.17, 15) is 4.79 Å². The lowest BCUT2D eigenvalue weighted by Crippen LogP contribution is -2.53. The molecule has 0 fully saturated rings. The van der Waals surface area contributed by atoms with E-state index in [-0.39, 0.29) is 17.6 Å². The van der Waals surface area contributed by atoms with Gasteiger partial charge in [0, 0.05) is 7.11 Å². The number of ether oxygens (including phenoxy) is 3. The molecular weight excluding hydrogens is 282 g/mol. The third kappa shape index (κ3) is 6.03. The van der Waals surface area contributed by atoms with E-state index in [1.807, 2.05) is 51.1 Å². The van der Waals surface area contributed by atoms with Gasteiger partial charge in [-0.2, -0.15) is 0 Å². The Morgan fingerprint density at radius 3 is 2.32 bits per heavy atom. The molecule has 1 rings (SSSR count). The van der Waals surface area contributed by atoms with Crippen LogP contribution in [0.4, 0.5) is 4.79 Å². The fourth-order valence-corrected chi connectivity index (χ4v) is 2.22. The molecule has 1 amide bonds. The minimum atomic E-state index is -0.468. The maximum atomic E-state index is 11.6. The Kier molecular flexibility index (Phi) is 7.35. The smallest absolute Gasteiger partial charge is 0.407 e. The van der Waals surface area contributed by atoms with Crippen LogP contribution in [0.5, 0.6) is 0 Å². The largest absolute Gasteiger partial charge is 0.453 e. The van der Waals surface area contributed by atoms with Crippen LogP contribution in [0.2, 0.25) is 0 Å². The Labute approximate surface area is 132 Å². The van der Waals surface area contributed by atoms with Crippen LogP contribution in [-0.4, -0.2) is 39.1 Å². The molecule has 0 saturated carbocycles. The van der Waals surface area contributed by atoms with E-state index in [2.05, 4.69) is 5.32 Å². The number of carbonyl (C=O) groups excluding carboxylic acids is 1. The van der Waals surface area contributed by atoms with Crippen LogP contribution in [0.3, 0.4) is 0 Å². The van der Waals surface area contributed by atoms with Gasteiger partial charge in [0.15, 0.2) is 0 Å². The monoisotopic (exact) mass is 309 g/mol. The summed E-state index contributed by atoms with van der Waals surface area (Å²) in [6.07, 6.45) is -0.729. The summed E-state index contributed by atoms with van der Waals surface area (Å²) in [6.45, 7) is 7.01. The highest BCUT2D eigenvalue weighted by Crippen LogP contribution is 2.24. The molecule has 0 heterocycles. The van der Waals surface area contributed by atoms with Crippen molar-refractivity contribution in [2.75, 3.05) is 20.8 Å². The summed E-state index contributed by atoms with van der Waals surface area (Å²) in [5, 5.41) is 2.84. The quantitative estimate of drug-likeness (QED) is 0.841. The molecule has 22 heavy (non-hydrogen) atoms. The van der Waals surface area contributed by atoms with E-state index < -0.39 is 6.09 Å². The number of methoxy groups -OCH3 is 2. The SMILES string of the molecule is COC(=O)N[C@@H]([C@H](COCc1ccccc1)OC)C(C)(C)C. The molecule has 1 aromatic carbocycles. The standard InChI is InChI=1S/C17H27NO4/c1-17(2,3)15(18-16(19)21-5)14(20-4)12-22-11-13-9-7-6-8-10-13/h6-10,14-15H,11-12H2,1-5H3,(H,18,19)/t14-,15-/m0/s1. The number of amides is 1. The summed E-state index contributed by atoms with van der Waals surface area (Å²) in [6, 6.07) is 9.72.